The lowest BCUT2D eigenvalue weighted by atomic mass is 10.2. The highest BCUT2D eigenvalue weighted by Crippen LogP contribution is 2.17. The van der Waals surface area contributed by atoms with Crippen molar-refractivity contribution >= 4 is 17.7 Å². The summed E-state index contributed by atoms with van der Waals surface area (Å²) in [5.41, 5.74) is 1.51. The third-order valence-corrected chi connectivity index (χ3v) is 5.16. The van der Waals surface area contributed by atoms with Gasteiger partial charge in [-0.3, -0.25) is 19.3 Å². The van der Waals surface area contributed by atoms with Crippen LogP contribution in [0.3, 0.4) is 0 Å². The first-order valence-electron chi connectivity index (χ1n) is 10.7. The Labute approximate surface area is 182 Å². The Morgan fingerprint density at radius 3 is 2.35 bits per heavy atom. The molecular formula is C22H31N5O4. The van der Waals surface area contributed by atoms with Crippen molar-refractivity contribution < 1.29 is 19.1 Å². The fourth-order valence-corrected chi connectivity index (χ4v) is 3.54. The summed E-state index contributed by atoms with van der Waals surface area (Å²) in [4.78, 5) is 29.1. The number of rotatable bonds is 9. The summed E-state index contributed by atoms with van der Waals surface area (Å²) in [6.07, 6.45) is 1.41. The highest BCUT2D eigenvalue weighted by Gasteiger charge is 2.22. The van der Waals surface area contributed by atoms with E-state index in [1.807, 2.05) is 19.1 Å². The molecule has 2 heterocycles. The Morgan fingerprint density at radius 1 is 1.03 bits per heavy atom. The van der Waals surface area contributed by atoms with Crippen LogP contribution < -0.4 is 10.1 Å². The third-order valence-electron chi connectivity index (χ3n) is 5.16. The molecule has 0 bridgehead atoms. The number of ether oxygens (including phenoxy) is 2. The third kappa shape index (κ3) is 6.28. The summed E-state index contributed by atoms with van der Waals surface area (Å²) in [5.74, 6) is 0.585. The van der Waals surface area contributed by atoms with Gasteiger partial charge < -0.3 is 14.8 Å². The molecule has 1 aromatic heterocycles. The minimum atomic E-state index is -0.492. The van der Waals surface area contributed by atoms with E-state index in [-0.39, 0.29) is 24.6 Å². The summed E-state index contributed by atoms with van der Waals surface area (Å²) in [7, 11) is 1.68. The first-order chi connectivity index (χ1) is 15.0. The van der Waals surface area contributed by atoms with Crippen LogP contribution in [0.5, 0.6) is 5.75 Å². The van der Waals surface area contributed by atoms with Crippen molar-refractivity contribution in [2.24, 2.45) is 7.05 Å². The van der Waals surface area contributed by atoms with Crippen LogP contribution in [0.4, 0.5) is 5.82 Å². The van der Waals surface area contributed by atoms with Crippen LogP contribution in [0.1, 0.15) is 29.8 Å². The first-order valence-corrected chi connectivity index (χ1v) is 10.7. The van der Waals surface area contributed by atoms with Gasteiger partial charge in [0.2, 0.25) is 5.91 Å². The van der Waals surface area contributed by atoms with Crippen molar-refractivity contribution in [3.63, 3.8) is 0 Å². The lowest BCUT2D eigenvalue weighted by Crippen LogP contribution is -2.48. The number of anilines is 1. The van der Waals surface area contributed by atoms with Crippen molar-refractivity contribution in [2.75, 3.05) is 51.3 Å². The predicted octanol–water partition coefficient (Wildman–Crippen LogP) is 1.75. The molecule has 1 saturated heterocycles. The second-order valence-electron chi connectivity index (χ2n) is 7.43. The molecule has 0 aliphatic carbocycles. The van der Waals surface area contributed by atoms with Gasteiger partial charge in [-0.2, -0.15) is 5.10 Å². The highest BCUT2D eigenvalue weighted by molar-refractivity contribution is 6.00. The second-order valence-corrected chi connectivity index (χ2v) is 7.43. The van der Waals surface area contributed by atoms with Gasteiger partial charge in [0.25, 0.3) is 0 Å². The van der Waals surface area contributed by atoms with Gasteiger partial charge in [-0.15, -0.1) is 0 Å². The van der Waals surface area contributed by atoms with Crippen LogP contribution in [0, 0.1) is 0 Å². The zero-order valence-electron chi connectivity index (χ0n) is 18.5. The summed E-state index contributed by atoms with van der Waals surface area (Å²) >= 11 is 0. The van der Waals surface area contributed by atoms with Crippen molar-refractivity contribution in [2.45, 2.75) is 20.4 Å². The van der Waals surface area contributed by atoms with Crippen molar-refractivity contribution in [3.05, 3.63) is 41.6 Å². The monoisotopic (exact) mass is 429 g/mol. The number of carbonyl (C=O) groups is 2. The molecule has 1 aliphatic rings. The topological polar surface area (TPSA) is 88.9 Å². The number of hydrogen-bond acceptors (Lipinski definition) is 7. The number of hydrogen-bond donors (Lipinski definition) is 1. The molecule has 0 radical (unpaired) electrons. The molecule has 1 N–H and O–H groups in total. The van der Waals surface area contributed by atoms with Gasteiger partial charge in [-0.05, 0) is 31.5 Å². The Hall–Kier alpha value is -2.91. The molecule has 3 rings (SSSR count). The summed E-state index contributed by atoms with van der Waals surface area (Å²) < 4.78 is 12.0. The van der Waals surface area contributed by atoms with Crippen molar-refractivity contribution in [1.82, 2.24) is 19.6 Å². The largest absolute Gasteiger partial charge is 0.494 e. The maximum absolute atomic E-state index is 12.5. The van der Waals surface area contributed by atoms with Gasteiger partial charge in [0.1, 0.15) is 17.1 Å². The number of nitrogens with zero attached hydrogens (tertiary/aromatic N) is 4. The van der Waals surface area contributed by atoms with Gasteiger partial charge in [-0.25, -0.2) is 4.79 Å². The van der Waals surface area contributed by atoms with Crippen molar-refractivity contribution in [1.29, 1.82) is 0 Å². The van der Waals surface area contributed by atoms with Crippen molar-refractivity contribution in [3.8, 4) is 5.75 Å². The number of nitrogens with one attached hydrogen (secondary N) is 1. The van der Waals surface area contributed by atoms with Gasteiger partial charge in [0.15, 0.2) is 0 Å². The normalized spacial score (nSPS) is 14.9. The molecule has 1 aromatic carbocycles. The number of piperazine rings is 1. The quantitative estimate of drug-likeness (QED) is 0.608. The van der Waals surface area contributed by atoms with Gasteiger partial charge in [0, 0.05) is 39.8 Å². The van der Waals surface area contributed by atoms with E-state index in [0.29, 0.717) is 12.4 Å². The lowest BCUT2D eigenvalue weighted by Gasteiger charge is -2.34. The molecule has 2 aromatic rings. The summed E-state index contributed by atoms with van der Waals surface area (Å²) in [5, 5.41) is 6.86. The maximum atomic E-state index is 12.5. The average molecular weight is 430 g/mol. The standard InChI is InChI=1S/C22H31N5O4/c1-4-30-18-8-6-17(7-9-18)15-26-10-12-27(13-11-26)16-20(28)24-21-19(14-23-25(21)3)22(29)31-5-2/h6-9,14H,4-5,10-13,15-16H2,1-3H3,(H,24,28). The van der Waals surface area contributed by atoms with E-state index < -0.39 is 5.97 Å². The number of esters is 1. The van der Waals surface area contributed by atoms with Crippen LogP contribution in [-0.4, -0.2) is 77.4 Å². The van der Waals surface area contributed by atoms with Gasteiger partial charge >= 0.3 is 5.97 Å². The van der Waals surface area contributed by atoms with Gasteiger partial charge in [0.05, 0.1) is 26.0 Å². The number of aromatic nitrogens is 2. The smallest absolute Gasteiger partial charge is 0.343 e. The highest BCUT2D eigenvalue weighted by atomic mass is 16.5. The van der Waals surface area contributed by atoms with E-state index in [9.17, 15) is 9.59 Å². The molecule has 168 valence electrons. The molecular weight excluding hydrogens is 398 g/mol. The molecule has 0 spiro atoms. The summed E-state index contributed by atoms with van der Waals surface area (Å²) in [6.45, 7) is 9.18. The minimum absolute atomic E-state index is 0.172. The second kappa shape index (κ2) is 10.9. The zero-order valence-corrected chi connectivity index (χ0v) is 18.5. The number of carbonyl (C=O) groups excluding carboxylic acids is 2. The number of benzene rings is 1. The summed E-state index contributed by atoms with van der Waals surface area (Å²) in [6, 6.07) is 8.20. The van der Waals surface area contributed by atoms with Gasteiger partial charge in [-0.1, -0.05) is 12.1 Å². The average Bonchev–Trinajstić information content (AvgIpc) is 3.11. The van der Waals surface area contributed by atoms with Crippen LogP contribution in [0.2, 0.25) is 0 Å². The lowest BCUT2D eigenvalue weighted by molar-refractivity contribution is -0.117. The van der Waals surface area contributed by atoms with E-state index in [2.05, 4.69) is 32.3 Å². The van der Waals surface area contributed by atoms with Crippen LogP contribution in [0.15, 0.2) is 30.5 Å². The number of aryl methyl sites for hydroxylation is 1. The Morgan fingerprint density at radius 2 is 1.71 bits per heavy atom. The van der Waals surface area contributed by atoms with E-state index >= 15 is 0 Å². The first kappa shape index (κ1) is 22.8. The van der Waals surface area contributed by atoms with E-state index in [0.717, 1.165) is 38.5 Å². The molecule has 1 aliphatic heterocycles. The van der Waals surface area contributed by atoms with E-state index in [1.54, 1.807) is 14.0 Å². The number of amides is 1. The minimum Gasteiger partial charge on any atom is -0.494 e. The predicted molar refractivity (Wildman–Crippen MR) is 117 cm³/mol. The Bertz CT molecular complexity index is 873. The van der Waals surface area contributed by atoms with E-state index in [4.69, 9.17) is 9.47 Å². The fourth-order valence-electron chi connectivity index (χ4n) is 3.54. The molecule has 1 fully saturated rings. The molecule has 0 atom stereocenters. The molecule has 0 unspecified atom stereocenters. The van der Waals surface area contributed by atoms with Crippen LogP contribution in [0.25, 0.3) is 0 Å². The molecule has 31 heavy (non-hydrogen) atoms. The molecule has 0 saturated carbocycles. The fraction of sp³-hybridized carbons (Fsp3) is 0.500. The van der Waals surface area contributed by atoms with E-state index in [1.165, 1.54) is 16.4 Å². The molecule has 1 amide bonds. The SMILES string of the molecule is CCOC(=O)c1cnn(C)c1NC(=O)CN1CCN(Cc2ccc(OCC)cc2)CC1. The zero-order chi connectivity index (χ0) is 22.2. The molecule has 9 heteroatoms. The van der Waals surface area contributed by atoms with Crippen LogP contribution >= 0.6 is 0 Å². The maximum Gasteiger partial charge on any atom is 0.343 e. The Kier molecular flexibility index (Phi) is 8.02. The van der Waals surface area contributed by atoms with Crippen LogP contribution in [-0.2, 0) is 23.1 Å². The molecule has 9 nitrogen and oxygen atoms in total. The Balaban J connectivity index is 1.46.